The molecule has 0 saturated carbocycles. The van der Waals surface area contributed by atoms with Gasteiger partial charge in [0.2, 0.25) is 11.6 Å². The third kappa shape index (κ3) is 2.76. The van der Waals surface area contributed by atoms with Crippen LogP contribution in [0.3, 0.4) is 0 Å². The van der Waals surface area contributed by atoms with Gasteiger partial charge in [-0.2, -0.15) is 4.39 Å². The van der Waals surface area contributed by atoms with E-state index in [-0.39, 0.29) is 10.7 Å². The third-order valence-corrected chi connectivity index (χ3v) is 4.68. The summed E-state index contributed by atoms with van der Waals surface area (Å²) in [5.74, 6) is -9.07. The predicted molar refractivity (Wildman–Crippen MR) is 82.9 cm³/mol. The molecule has 0 amide bonds. The summed E-state index contributed by atoms with van der Waals surface area (Å²) in [5, 5.41) is 0. The molecule has 1 heterocycles. The maximum Gasteiger partial charge on any atom is 0.348 e. The van der Waals surface area contributed by atoms with Crippen molar-refractivity contribution in [2.45, 2.75) is 11.8 Å². The summed E-state index contributed by atoms with van der Waals surface area (Å²) in [4.78, 5) is 11.2. The first-order valence-corrected chi connectivity index (χ1v) is 7.78. The van der Waals surface area contributed by atoms with Gasteiger partial charge in [-0.25, -0.2) is 18.0 Å². The molecule has 1 aliphatic rings. The maximum absolute atomic E-state index is 14.1. The molecule has 0 fully saturated rings. The highest BCUT2D eigenvalue weighted by Gasteiger charge is 2.36. The minimum Gasteiger partial charge on any atom is -0.465 e. The number of thioether (sulfide) groups is 1. The number of rotatable bonds is 2. The monoisotopic (exact) mass is 370 g/mol. The molecule has 1 aliphatic heterocycles. The van der Waals surface area contributed by atoms with Crippen molar-refractivity contribution in [2.24, 2.45) is 0 Å². The van der Waals surface area contributed by atoms with Gasteiger partial charge < -0.3 is 9.47 Å². The second-order valence-electron chi connectivity index (χ2n) is 5.08. The first-order valence-electron chi connectivity index (χ1n) is 6.97. The number of aryl methyl sites for hydroxylation is 1. The number of ether oxygens (including phenoxy) is 2. The highest BCUT2D eigenvalue weighted by molar-refractivity contribution is 8.04. The van der Waals surface area contributed by atoms with Crippen LogP contribution in [0.25, 0.3) is 5.76 Å². The minimum atomic E-state index is -1.98. The average molecular weight is 370 g/mol. The van der Waals surface area contributed by atoms with Crippen molar-refractivity contribution >= 4 is 23.5 Å². The number of hydrogen-bond donors (Lipinski definition) is 0. The molecular weight excluding hydrogens is 360 g/mol. The van der Waals surface area contributed by atoms with E-state index in [4.69, 9.17) is 4.74 Å². The molecule has 0 spiro atoms. The van der Waals surface area contributed by atoms with Crippen LogP contribution in [0, 0.1) is 30.2 Å². The number of halogens is 4. The van der Waals surface area contributed by atoms with Crippen LogP contribution < -0.4 is 4.74 Å². The van der Waals surface area contributed by atoms with Gasteiger partial charge in [-0.1, -0.05) is 36.0 Å². The van der Waals surface area contributed by atoms with E-state index in [0.717, 1.165) is 7.11 Å². The molecule has 2 aromatic carbocycles. The Kier molecular flexibility index (Phi) is 4.47. The van der Waals surface area contributed by atoms with Gasteiger partial charge in [0.1, 0.15) is 4.91 Å². The highest BCUT2D eigenvalue weighted by Crippen LogP contribution is 2.48. The van der Waals surface area contributed by atoms with Crippen molar-refractivity contribution in [1.82, 2.24) is 0 Å². The summed E-state index contributed by atoms with van der Waals surface area (Å²) in [6.45, 7) is 1.71. The lowest BCUT2D eigenvalue weighted by Crippen LogP contribution is -2.15. The summed E-state index contributed by atoms with van der Waals surface area (Å²) >= 11 is 0.423. The zero-order valence-electron chi connectivity index (χ0n) is 13.0. The molecule has 25 heavy (non-hydrogen) atoms. The summed E-state index contributed by atoms with van der Waals surface area (Å²) in [6, 6.07) is 6.68. The van der Waals surface area contributed by atoms with Gasteiger partial charge in [0.15, 0.2) is 23.1 Å². The Morgan fingerprint density at radius 2 is 1.68 bits per heavy atom. The summed E-state index contributed by atoms with van der Waals surface area (Å²) < 4.78 is 65.0. The van der Waals surface area contributed by atoms with Crippen molar-refractivity contribution in [1.29, 1.82) is 0 Å². The van der Waals surface area contributed by atoms with Crippen LogP contribution in [0.1, 0.15) is 11.1 Å². The third-order valence-electron chi connectivity index (χ3n) is 3.56. The number of esters is 1. The fourth-order valence-corrected chi connectivity index (χ4v) is 3.32. The van der Waals surface area contributed by atoms with Gasteiger partial charge in [-0.3, -0.25) is 0 Å². The van der Waals surface area contributed by atoms with Crippen molar-refractivity contribution in [2.75, 3.05) is 7.11 Å². The van der Waals surface area contributed by atoms with E-state index in [0.29, 0.717) is 22.9 Å². The van der Waals surface area contributed by atoms with Gasteiger partial charge in [-0.15, -0.1) is 0 Å². The summed E-state index contributed by atoms with van der Waals surface area (Å²) in [5.41, 5.74) is 1.08. The number of benzene rings is 2. The fraction of sp³-hybridized carbons (Fsp3) is 0.118. The van der Waals surface area contributed by atoms with Crippen LogP contribution in [0.15, 0.2) is 34.1 Å². The summed E-state index contributed by atoms with van der Waals surface area (Å²) in [6.07, 6.45) is 0. The lowest BCUT2D eigenvalue weighted by Gasteiger charge is -2.23. The molecule has 0 radical (unpaired) electrons. The molecule has 0 aromatic heterocycles. The Labute approximate surface area is 144 Å². The zero-order valence-corrected chi connectivity index (χ0v) is 13.8. The first kappa shape index (κ1) is 17.3. The molecule has 2 aromatic rings. The fourth-order valence-electron chi connectivity index (χ4n) is 2.30. The van der Waals surface area contributed by atoms with E-state index in [1.807, 2.05) is 0 Å². The molecule has 0 bridgehead atoms. The van der Waals surface area contributed by atoms with Gasteiger partial charge in [0.25, 0.3) is 0 Å². The maximum atomic E-state index is 14.1. The van der Waals surface area contributed by atoms with Crippen LogP contribution in [0.5, 0.6) is 5.75 Å². The molecule has 0 atom stereocenters. The van der Waals surface area contributed by atoms with Gasteiger partial charge in [-0.05, 0) is 12.5 Å². The largest absolute Gasteiger partial charge is 0.465 e. The second kappa shape index (κ2) is 6.44. The molecular formula is C17H10F4O3S. The van der Waals surface area contributed by atoms with Crippen LogP contribution in [-0.2, 0) is 9.53 Å². The molecule has 3 nitrogen and oxygen atoms in total. The lowest BCUT2D eigenvalue weighted by atomic mass is 10.1. The Balaban J connectivity index is 2.26. The normalized spacial score (nSPS) is 13.4. The molecule has 0 unspecified atom stereocenters. The van der Waals surface area contributed by atoms with Crippen molar-refractivity contribution in [3.63, 3.8) is 0 Å². The quantitative estimate of drug-likeness (QED) is 0.336. The van der Waals surface area contributed by atoms with Crippen LogP contribution in [0.2, 0.25) is 0 Å². The smallest absolute Gasteiger partial charge is 0.348 e. The molecule has 0 N–H and O–H groups in total. The predicted octanol–water partition coefficient (Wildman–Crippen LogP) is 4.58. The van der Waals surface area contributed by atoms with E-state index in [2.05, 4.69) is 4.74 Å². The molecule has 3 rings (SSSR count). The van der Waals surface area contributed by atoms with Crippen LogP contribution in [-0.4, -0.2) is 13.1 Å². The number of hydrogen-bond acceptors (Lipinski definition) is 4. The SMILES string of the molecule is COC(=O)C1=C(c2ccccc2C)Oc2c(F)c(F)c(F)c(F)c2S1. The zero-order chi connectivity index (χ0) is 18.3. The van der Waals surface area contributed by atoms with E-state index >= 15 is 0 Å². The Morgan fingerprint density at radius 1 is 1.04 bits per heavy atom. The molecule has 130 valence electrons. The van der Waals surface area contributed by atoms with Gasteiger partial charge in [0, 0.05) is 5.56 Å². The Morgan fingerprint density at radius 3 is 2.32 bits per heavy atom. The van der Waals surface area contributed by atoms with E-state index < -0.39 is 39.9 Å². The number of carbonyl (C=O) groups is 1. The topological polar surface area (TPSA) is 35.5 Å². The average Bonchev–Trinajstić information content (AvgIpc) is 2.63. The lowest BCUT2D eigenvalue weighted by molar-refractivity contribution is -0.135. The van der Waals surface area contributed by atoms with Crippen LogP contribution in [0.4, 0.5) is 17.6 Å². The van der Waals surface area contributed by atoms with Gasteiger partial charge >= 0.3 is 5.97 Å². The van der Waals surface area contributed by atoms with E-state index in [1.165, 1.54) is 0 Å². The van der Waals surface area contributed by atoms with Crippen LogP contribution >= 0.6 is 11.8 Å². The van der Waals surface area contributed by atoms with Crippen molar-refractivity contribution in [3.8, 4) is 5.75 Å². The van der Waals surface area contributed by atoms with E-state index in [9.17, 15) is 22.4 Å². The Bertz CT molecular complexity index is 925. The molecule has 0 aliphatic carbocycles. The van der Waals surface area contributed by atoms with Crippen molar-refractivity contribution < 1.29 is 31.8 Å². The minimum absolute atomic E-state index is 0.119. The number of fused-ring (bicyclic) bond motifs is 1. The number of carbonyl (C=O) groups excluding carboxylic acids is 1. The van der Waals surface area contributed by atoms with E-state index in [1.54, 1.807) is 31.2 Å². The van der Waals surface area contributed by atoms with Gasteiger partial charge in [0.05, 0.1) is 12.0 Å². The highest BCUT2D eigenvalue weighted by atomic mass is 32.2. The summed E-state index contributed by atoms with van der Waals surface area (Å²) in [7, 11) is 1.10. The standard InChI is InChI=1S/C17H10F4O3S/c1-7-5-3-4-6-8(7)13-16(17(22)23-2)25-15-12(21)10(19)9(18)11(20)14(15)24-13/h3-6H,1-2H3. The molecule has 8 heteroatoms. The van der Waals surface area contributed by atoms with Crippen molar-refractivity contribution in [3.05, 3.63) is 63.6 Å². The second-order valence-corrected chi connectivity index (χ2v) is 6.10. The Hall–Kier alpha value is -2.48. The number of methoxy groups -OCH3 is 1. The first-order chi connectivity index (χ1) is 11.9. The molecule has 0 saturated heterocycles.